The summed E-state index contributed by atoms with van der Waals surface area (Å²) in [5.41, 5.74) is 1.46. The third kappa shape index (κ3) is 5.02. The number of carbonyl (C=O) groups is 1. The van der Waals surface area contributed by atoms with E-state index in [2.05, 4.69) is 27.9 Å². The molecule has 140 valence electrons. The molecule has 1 N–H and O–H groups in total. The van der Waals surface area contributed by atoms with E-state index in [1.165, 1.54) is 6.08 Å². The van der Waals surface area contributed by atoms with Crippen LogP contribution in [0.2, 0.25) is 0 Å². The fourth-order valence-corrected chi connectivity index (χ4v) is 2.85. The van der Waals surface area contributed by atoms with Crippen LogP contribution in [-0.4, -0.2) is 12.5 Å². The highest BCUT2D eigenvalue weighted by Crippen LogP contribution is 2.24. The second-order valence-electron chi connectivity index (χ2n) is 5.79. The molecule has 0 bridgehead atoms. The molecule has 1 aromatic heterocycles. The van der Waals surface area contributed by atoms with Gasteiger partial charge in [-0.05, 0) is 78.0 Å². The fraction of sp³-hybridized carbons (Fsp3) is 0.0909. The van der Waals surface area contributed by atoms with E-state index < -0.39 is 5.91 Å². The van der Waals surface area contributed by atoms with Gasteiger partial charge in [0.2, 0.25) is 0 Å². The molecule has 6 heteroatoms. The van der Waals surface area contributed by atoms with E-state index in [4.69, 9.17) is 9.15 Å². The van der Waals surface area contributed by atoms with Gasteiger partial charge < -0.3 is 14.5 Å². The van der Waals surface area contributed by atoms with Crippen LogP contribution in [0.3, 0.4) is 0 Å². The molecule has 0 fully saturated rings. The average molecular weight is 484 g/mol. The first-order valence-electron chi connectivity index (χ1n) is 8.61. The summed E-state index contributed by atoms with van der Waals surface area (Å²) >= 11 is 2.24. The number of nitriles is 1. The van der Waals surface area contributed by atoms with Gasteiger partial charge in [-0.1, -0.05) is 12.1 Å². The minimum absolute atomic E-state index is 0.0441. The Morgan fingerprint density at radius 3 is 2.50 bits per heavy atom. The van der Waals surface area contributed by atoms with E-state index in [0.717, 1.165) is 14.9 Å². The molecule has 0 saturated heterocycles. The van der Waals surface area contributed by atoms with Crippen LogP contribution in [0, 0.1) is 14.9 Å². The lowest BCUT2D eigenvalue weighted by atomic mass is 10.2. The highest BCUT2D eigenvalue weighted by atomic mass is 127. The second-order valence-corrected chi connectivity index (χ2v) is 7.04. The molecule has 0 saturated carbocycles. The van der Waals surface area contributed by atoms with Gasteiger partial charge in [-0.2, -0.15) is 5.26 Å². The SMILES string of the molecule is CCOc1ccc(NC(=O)/C(C#N)=C\c2ccc(-c3ccc(I)cc3)o2)cc1. The van der Waals surface area contributed by atoms with Gasteiger partial charge in [0.1, 0.15) is 28.9 Å². The molecular formula is C22H17IN2O3. The second kappa shape index (κ2) is 9.24. The zero-order valence-electron chi connectivity index (χ0n) is 15.1. The Bertz CT molecular complexity index is 1030. The first kappa shape index (κ1) is 19.7. The number of amides is 1. The first-order chi connectivity index (χ1) is 13.6. The molecule has 3 rings (SSSR count). The van der Waals surface area contributed by atoms with Crippen molar-refractivity contribution in [3.8, 4) is 23.1 Å². The van der Waals surface area contributed by atoms with Crippen LogP contribution in [0.1, 0.15) is 12.7 Å². The van der Waals surface area contributed by atoms with Crippen molar-refractivity contribution in [1.82, 2.24) is 0 Å². The highest BCUT2D eigenvalue weighted by Gasteiger charge is 2.12. The highest BCUT2D eigenvalue weighted by molar-refractivity contribution is 14.1. The minimum Gasteiger partial charge on any atom is -0.494 e. The van der Waals surface area contributed by atoms with E-state index >= 15 is 0 Å². The van der Waals surface area contributed by atoms with Gasteiger partial charge in [0, 0.05) is 20.9 Å². The van der Waals surface area contributed by atoms with Crippen molar-refractivity contribution in [3.05, 3.63) is 75.6 Å². The van der Waals surface area contributed by atoms with Gasteiger partial charge >= 0.3 is 0 Å². The van der Waals surface area contributed by atoms with Crippen molar-refractivity contribution in [2.24, 2.45) is 0 Å². The topological polar surface area (TPSA) is 75.3 Å². The molecule has 1 amide bonds. The van der Waals surface area contributed by atoms with Crippen LogP contribution in [0.5, 0.6) is 5.75 Å². The maximum Gasteiger partial charge on any atom is 0.266 e. The number of ether oxygens (including phenoxy) is 1. The molecule has 28 heavy (non-hydrogen) atoms. The number of furan rings is 1. The van der Waals surface area contributed by atoms with Crippen molar-refractivity contribution >= 4 is 40.3 Å². The Kier molecular flexibility index (Phi) is 6.50. The van der Waals surface area contributed by atoms with Crippen molar-refractivity contribution in [2.45, 2.75) is 6.92 Å². The summed E-state index contributed by atoms with van der Waals surface area (Å²) in [6, 6.07) is 20.3. The quantitative estimate of drug-likeness (QED) is 0.285. The Labute approximate surface area is 176 Å². The molecule has 1 heterocycles. The molecule has 5 nitrogen and oxygen atoms in total. The van der Waals surface area contributed by atoms with Crippen molar-refractivity contribution in [2.75, 3.05) is 11.9 Å². The number of hydrogen-bond acceptors (Lipinski definition) is 4. The molecule has 0 radical (unpaired) electrons. The van der Waals surface area contributed by atoms with E-state index in [0.29, 0.717) is 23.8 Å². The van der Waals surface area contributed by atoms with Crippen molar-refractivity contribution < 1.29 is 13.9 Å². The molecule has 0 aliphatic carbocycles. The van der Waals surface area contributed by atoms with Crippen LogP contribution in [0.15, 0.2) is 70.7 Å². The normalized spacial score (nSPS) is 11.0. The van der Waals surface area contributed by atoms with Crippen LogP contribution >= 0.6 is 22.6 Å². The number of hydrogen-bond donors (Lipinski definition) is 1. The summed E-state index contributed by atoms with van der Waals surface area (Å²) < 4.78 is 12.3. The van der Waals surface area contributed by atoms with E-state index in [9.17, 15) is 10.1 Å². The predicted octanol–water partition coefficient (Wildman–Crippen LogP) is 5.50. The van der Waals surface area contributed by atoms with Gasteiger partial charge in [-0.3, -0.25) is 4.79 Å². The number of halogens is 1. The van der Waals surface area contributed by atoms with Gasteiger partial charge in [-0.25, -0.2) is 0 Å². The molecule has 0 atom stereocenters. The Hall–Kier alpha value is -3.05. The maximum absolute atomic E-state index is 12.4. The average Bonchev–Trinajstić information content (AvgIpc) is 3.17. The lowest BCUT2D eigenvalue weighted by Gasteiger charge is -2.06. The lowest BCUT2D eigenvalue weighted by Crippen LogP contribution is -2.13. The van der Waals surface area contributed by atoms with E-state index in [-0.39, 0.29) is 5.57 Å². The maximum atomic E-state index is 12.4. The van der Waals surface area contributed by atoms with Gasteiger partial charge in [0.25, 0.3) is 5.91 Å². The van der Waals surface area contributed by atoms with E-state index in [1.807, 2.05) is 43.3 Å². The lowest BCUT2D eigenvalue weighted by molar-refractivity contribution is -0.112. The summed E-state index contributed by atoms with van der Waals surface area (Å²) in [6.45, 7) is 2.47. The first-order valence-corrected chi connectivity index (χ1v) is 9.68. The van der Waals surface area contributed by atoms with Gasteiger partial charge in [0.05, 0.1) is 6.61 Å². The van der Waals surface area contributed by atoms with Crippen LogP contribution < -0.4 is 10.1 Å². The fourth-order valence-electron chi connectivity index (χ4n) is 2.49. The summed E-state index contributed by atoms with van der Waals surface area (Å²) in [6.07, 6.45) is 1.43. The van der Waals surface area contributed by atoms with Gasteiger partial charge in [0.15, 0.2) is 0 Å². The molecule has 0 spiro atoms. The van der Waals surface area contributed by atoms with Crippen molar-refractivity contribution in [3.63, 3.8) is 0 Å². The standard InChI is InChI=1S/C22H17IN2O3/c1-2-27-19-9-7-18(8-10-19)25-22(26)16(14-24)13-20-11-12-21(28-20)15-3-5-17(23)6-4-15/h3-13H,2H2,1H3,(H,25,26)/b16-13-. The van der Waals surface area contributed by atoms with Crippen LogP contribution in [0.25, 0.3) is 17.4 Å². The zero-order chi connectivity index (χ0) is 19.9. The summed E-state index contributed by atoms with van der Waals surface area (Å²) in [4.78, 5) is 12.4. The molecular weight excluding hydrogens is 467 g/mol. The van der Waals surface area contributed by atoms with Crippen LogP contribution in [-0.2, 0) is 4.79 Å². The number of anilines is 1. The number of nitrogens with zero attached hydrogens (tertiary/aromatic N) is 1. The Morgan fingerprint density at radius 2 is 1.86 bits per heavy atom. The zero-order valence-corrected chi connectivity index (χ0v) is 17.3. The van der Waals surface area contributed by atoms with Crippen molar-refractivity contribution in [1.29, 1.82) is 5.26 Å². The number of nitrogens with one attached hydrogen (secondary N) is 1. The number of benzene rings is 2. The monoisotopic (exact) mass is 484 g/mol. The summed E-state index contributed by atoms with van der Waals surface area (Å²) in [7, 11) is 0. The largest absolute Gasteiger partial charge is 0.494 e. The summed E-state index contributed by atoms with van der Waals surface area (Å²) in [5, 5.41) is 12.1. The molecule has 0 unspecified atom stereocenters. The number of rotatable bonds is 6. The Balaban J connectivity index is 1.73. The van der Waals surface area contributed by atoms with Crippen LogP contribution in [0.4, 0.5) is 5.69 Å². The molecule has 3 aromatic rings. The minimum atomic E-state index is -0.501. The third-order valence-corrected chi connectivity index (χ3v) is 4.55. The molecule has 2 aromatic carbocycles. The predicted molar refractivity (Wildman–Crippen MR) is 117 cm³/mol. The third-order valence-electron chi connectivity index (χ3n) is 3.83. The smallest absolute Gasteiger partial charge is 0.266 e. The molecule has 0 aliphatic rings. The van der Waals surface area contributed by atoms with Gasteiger partial charge in [-0.15, -0.1) is 0 Å². The van der Waals surface area contributed by atoms with E-state index in [1.54, 1.807) is 30.3 Å². The summed E-state index contributed by atoms with van der Waals surface area (Å²) in [5.74, 6) is 1.33. The molecule has 0 aliphatic heterocycles. The number of carbonyl (C=O) groups excluding carboxylic acids is 1. The Morgan fingerprint density at radius 1 is 1.14 bits per heavy atom.